The second kappa shape index (κ2) is 5.49. The minimum absolute atomic E-state index is 0.407. The van der Waals surface area contributed by atoms with Crippen LogP contribution in [0.5, 0.6) is 11.5 Å². The Morgan fingerprint density at radius 3 is 3.16 bits per heavy atom. The predicted octanol–water partition coefficient (Wildman–Crippen LogP) is 3.29. The number of aromatic nitrogens is 1. The largest absolute Gasteiger partial charge is 0.493 e. The number of benzene rings is 1. The molecule has 4 heteroatoms. The molecule has 2 heterocycles. The molecule has 0 fully saturated rings. The number of pyridine rings is 1. The molecule has 0 atom stereocenters. The van der Waals surface area contributed by atoms with E-state index < -0.39 is 0 Å². The van der Waals surface area contributed by atoms with Crippen LogP contribution in [0.25, 0.3) is 0 Å². The van der Waals surface area contributed by atoms with Crippen LogP contribution in [0.1, 0.15) is 11.1 Å². The first-order valence-electron chi connectivity index (χ1n) is 6.31. The number of fused-ring (bicyclic) bond motifs is 1. The first-order valence-corrected chi connectivity index (χ1v) is 6.68. The molecule has 0 bridgehead atoms. The minimum Gasteiger partial charge on any atom is -0.493 e. The zero-order chi connectivity index (χ0) is 13.1. The van der Waals surface area contributed by atoms with Crippen LogP contribution >= 0.6 is 11.6 Å². The SMILES string of the molecule is Clc1ncccc1OCCc1ccc2c(c1)CCO2. The van der Waals surface area contributed by atoms with Gasteiger partial charge in [-0.3, -0.25) is 0 Å². The Bertz CT molecular complexity index is 586. The molecule has 0 radical (unpaired) electrons. The van der Waals surface area contributed by atoms with Crippen molar-refractivity contribution in [3.63, 3.8) is 0 Å². The molecule has 0 N–H and O–H groups in total. The monoisotopic (exact) mass is 275 g/mol. The maximum absolute atomic E-state index is 5.93. The first kappa shape index (κ1) is 12.3. The van der Waals surface area contributed by atoms with Crippen LogP contribution in [0.3, 0.4) is 0 Å². The fourth-order valence-corrected chi connectivity index (χ4v) is 2.33. The molecule has 1 aromatic carbocycles. The van der Waals surface area contributed by atoms with Gasteiger partial charge in [-0.1, -0.05) is 23.7 Å². The molecule has 1 aliphatic rings. The Morgan fingerprint density at radius 1 is 1.32 bits per heavy atom. The van der Waals surface area contributed by atoms with Crippen molar-refractivity contribution >= 4 is 11.6 Å². The van der Waals surface area contributed by atoms with Gasteiger partial charge in [0, 0.05) is 19.0 Å². The number of hydrogen-bond donors (Lipinski definition) is 0. The molecule has 3 rings (SSSR count). The molecular weight excluding hydrogens is 262 g/mol. The van der Waals surface area contributed by atoms with Gasteiger partial charge >= 0.3 is 0 Å². The van der Waals surface area contributed by atoms with Gasteiger partial charge in [0.15, 0.2) is 10.9 Å². The fourth-order valence-electron chi connectivity index (χ4n) is 2.15. The van der Waals surface area contributed by atoms with Gasteiger partial charge in [0.25, 0.3) is 0 Å². The van der Waals surface area contributed by atoms with Crippen molar-refractivity contribution in [1.82, 2.24) is 4.98 Å². The smallest absolute Gasteiger partial charge is 0.171 e. The third-order valence-electron chi connectivity index (χ3n) is 3.13. The van der Waals surface area contributed by atoms with Crippen LogP contribution in [0, 0.1) is 0 Å². The number of rotatable bonds is 4. The molecule has 1 aromatic heterocycles. The molecule has 2 aromatic rings. The van der Waals surface area contributed by atoms with Gasteiger partial charge in [-0.25, -0.2) is 4.98 Å². The van der Waals surface area contributed by atoms with Gasteiger partial charge in [-0.15, -0.1) is 0 Å². The summed E-state index contributed by atoms with van der Waals surface area (Å²) in [5, 5.41) is 0.407. The summed E-state index contributed by atoms with van der Waals surface area (Å²) in [4.78, 5) is 3.98. The Balaban J connectivity index is 1.59. The quantitative estimate of drug-likeness (QED) is 0.803. The number of halogens is 1. The van der Waals surface area contributed by atoms with Crippen molar-refractivity contribution in [1.29, 1.82) is 0 Å². The second-order valence-electron chi connectivity index (χ2n) is 4.43. The molecule has 0 saturated carbocycles. The van der Waals surface area contributed by atoms with E-state index in [2.05, 4.69) is 17.1 Å². The second-order valence-corrected chi connectivity index (χ2v) is 4.79. The normalized spacial score (nSPS) is 12.9. The summed E-state index contributed by atoms with van der Waals surface area (Å²) < 4.78 is 11.1. The third kappa shape index (κ3) is 2.82. The highest BCUT2D eigenvalue weighted by Crippen LogP contribution is 2.26. The van der Waals surface area contributed by atoms with Crippen molar-refractivity contribution in [2.45, 2.75) is 12.8 Å². The Labute approximate surface area is 117 Å². The lowest BCUT2D eigenvalue weighted by molar-refractivity contribution is 0.321. The Hall–Kier alpha value is -1.74. The van der Waals surface area contributed by atoms with Gasteiger partial charge in [0.1, 0.15) is 5.75 Å². The molecular formula is C15H14ClNO2. The van der Waals surface area contributed by atoms with E-state index in [9.17, 15) is 0 Å². The average Bonchev–Trinajstić information content (AvgIpc) is 2.88. The lowest BCUT2D eigenvalue weighted by atomic mass is 10.1. The Morgan fingerprint density at radius 2 is 2.26 bits per heavy atom. The molecule has 0 unspecified atom stereocenters. The van der Waals surface area contributed by atoms with E-state index >= 15 is 0 Å². The Kier molecular flexibility index (Phi) is 3.56. The van der Waals surface area contributed by atoms with Crippen LogP contribution < -0.4 is 9.47 Å². The highest BCUT2D eigenvalue weighted by molar-refractivity contribution is 6.30. The number of hydrogen-bond acceptors (Lipinski definition) is 3. The van der Waals surface area contributed by atoms with E-state index in [0.29, 0.717) is 17.5 Å². The topological polar surface area (TPSA) is 31.4 Å². The summed E-state index contributed by atoms with van der Waals surface area (Å²) in [6.07, 6.45) is 3.49. The van der Waals surface area contributed by atoms with Crippen LogP contribution in [0.4, 0.5) is 0 Å². The van der Waals surface area contributed by atoms with Gasteiger partial charge in [-0.2, -0.15) is 0 Å². The van der Waals surface area contributed by atoms with E-state index in [0.717, 1.165) is 25.2 Å². The van der Waals surface area contributed by atoms with Crippen LogP contribution in [0.2, 0.25) is 5.15 Å². The third-order valence-corrected chi connectivity index (χ3v) is 3.41. The standard InChI is InChI=1S/C15H14ClNO2/c16-15-14(2-1-7-17-15)19-8-5-11-3-4-13-12(10-11)6-9-18-13/h1-4,7,10H,5-6,8-9H2. The van der Waals surface area contributed by atoms with Crippen molar-refractivity contribution < 1.29 is 9.47 Å². The summed E-state index contributed by atoms with van der Waals surface area (Å²) in [5.41, 5.74) is 2.54. The van der Waals surface area contributed by atoms with Crippen molar-refractivity contribution in [2.75, 3.05) is 13.2 Å². The molecule has 98 valence electrons. The van der Waals surface area contributed by atoms with Crippen LogP contribution in [-0.4, -0.2) is 18.2 Å². The van der Waals surface area contributed by atoms with Crippen molar-refractivity contribution in [2.24, 2.45) is 0 Å². The van der Waals surface area contributed by atoms with E-state index in [-0.39, 0.29) is 0 Å². The van der Waals surface area contributed by atoms with Gasteiger partial charge < -0.3 is 9.47 Å². The minimum atomic E-state index is 0.407. The zero-order valence-electron chi connectivity index (χ0n) is 10.4. The molecule has 0 amide bonds. The molecule has 0 saturated heterocycles. The molecule has 0 aliphatic carbocycles. The number of nitrogens with zero attached hydrogens (tertiary/aromatic N) is 1. The van der Waals surface area contributed by atoms with Crippen LogP contribution in [0.15, 0.2) is 36.5 Å². The first-order chi connectivity index (χ1) is 9.33. The summed E-state index contributed by atoms with van der Waals surface area (Å²) in [6, 6.07) is 9.95. The average molecular weight is 276 g/mol. The van der Waals surface area contributed by atoms with Gasteiger partial charge in [0.05, 0.1) is 13.2 Å². The lowest BCUT2D eigenvalue weighted by Crippen LogP contribution is -2.02. The highest BCUT2D eigenvalue weighted by Gasteiger charge is 2.11. The van der Waals surface area contributed by atoms with E-state index in [1.54, 1.807) is 6.20 Å². The fraction of sp³-hybridized carbons (Fsp3) is 0.267. The highest BCUT2D eigenvalue weighted by atomic mass is 35.5. The molecule has 3 nitrogen and oxygen atoms in total. The maximum atomic E-state index is 5.93. The summed E-state index contributed by atoms with van der Waals surface area (Å²) >= 11 is 5.93. The van der Waals surface area contributed by atoms with Gasteiger partial charge in [-0.05, 0) is 29.3 Å². The summed E-state index contributed by atoms with van der Waals surface area (Å²) in [7, 11) is 0. The number of ether oxygens (including phenoxy) is 2. The van der Waals surface area contributed by atoms with E-state index in [1.165, 1.54) is 11.1 Å². The van der Waals surface area contributed by atoms with Crippen molar-refractivity contribution in [3.05, 3.63) is 52.8 Å². The maximum Gasteiger partial charge on any atom is 0.171 e. The zero-order valence-corrected chi connectivity index (χ0v) is 11.2. The molecule has 0 spiro atoms. The molecule has 19 heavy (non-hydrogen) atoms. The predicted molar refractivity (Wildman–Crippen MR) is 74.1 cm³/mol. The van der Waals surface area contributed by atoms with E-state index in [1.807, 2.05) is 18.2 Å². The van der Waals surface area contributed by atoms with Crippen molar-refractivity contribution in [3.8, 4) is 11.5 Å². The molecule has 1 aliphatic heterocycles. The summed E-state index contributed by atoms with van der Waals surface area (Å²) in [6.45, 7) is 1.38. The van der Waals surface area contributed by atoms with Gasteiger partial charge in [0.2, 0.25) is 0 Å². The lowest BCUT2D eigenvalue weighted by Gasteiger charge is -2.08. The summed E-state index contributed by atoms with van der Waals surface area (Å²) in [5.74, 6) is 1.65. The van der Waals surface area contributed by atoms with Crippen LogP contribution in [-0.2, 0) is 12.8 Å². The van der Waals surface area contributed by atoms with E-state index in [4.69, 9.17) is 21.1 Å².